The summed E-state index contributed by atoms with van der Waals surface area (Å²) in [5.41, 5.74) is 1.36. The Morgan fingerprint density at radius 2 is 2.00 bits per heavy atom. The Labute approximate surface area is 72.5 Å². The highest BCUT2D eigenvalue weighted by molar-refractivity contribution is 5.29. The lowest BCUT2D eigenvalue weighted by atomic mass is 9.98. The third-order valence-corrected chi connectivity index (χ3v) is 2.34. The molecule has 0 radical (unpaired) electrons. The van der Waals surface area contributed by atoms with E-state index in [-0.39, 0.29) is 0 Å². The van der Waals surface area contributed by atoms with E-state index in [1.807, 2.05) is 12.1 Å². The smallest absolute Gasteiger partial charge is 0.118 e. The minimum Gasteiger partial charge on any atom is -0.497 e. The van der Waals surface area contributed by atoms with Crippen molar-refractivity contribution in [2.45, 2.75) is 12.5 Å². The minimum absolute atomic E-state index is 0.580. The molecule has 0 unspecified atom stereocenters. The lowest BCUT2D eigenvalue weighted by Crippen LogP contribution is -2.34. The Kier molecular flexibility index (Phi) is 2.00. The Morgan fingerprint density at radius 1 is 1.33 bits per heavy atom. The summed E-state index contributed by atoms with van der Waals surface area (Å²) in [5, 5.41) is 3.36. The SMILES string of the molecule is COc1ccc([C@H]2CCN2)cc1. The average Bonchev–Trinajstić information content (AvgIpc) is 2.03. The minimum atomic E-state index is 0.580. The molecule has 0 bridgehead atoms. The van der Waals surface area contributed by atoms with E-state index < -0.39 is 0 Å². The highest BCUT2D eigenvalue weighted by atomic mass is 16.5. The monoisotopic (exact) mass is 163 g/mol. The largest absolute Gasteiger partial charge is 0.497 e. The Hall–Kier alpha value is -1.02. The van der Waals surface area contributed by atoms with Crippen molar-refractivity contribution in [3.63, 3.8) is 0 Å². The van der Waals surface area contributed by atoms with E-state index in [2.05, 4.69) is 17.4 Å². The maximum atomic E-state index is 5.08. The zero-order chi connectivity index (χ0) is 8.39. The van der Waals surface area contributed by atoms with E-state index in [1.54, 1.807) is 7.11 Å². The van der Waals surface area contributed by atoms with Crippen molar-refractivity contribution >= 4 is 0 Å². The second kappa shape index (κ2) is 3.15. The van der Waals surface area contributed by atoms with Crippen LogP contribution in [0.5, 0.6) is 5.75 Å². The van der Waals surface area contributed by atoms with Crippen LogP contribution in [-0.2, 0) is 0 Å². The topological polar surface area (TPSA) is 21.3 Å². The zero-order valence-electron chi connectivity index (χ0n) is 7.21. The van der Waals surface area contributed by atoms with E-state index >= 15 is 0 Å². The van der Waals surface area contributed by atoms with Crippen molar-refractivity contribution in [2.75, 3.05) is 13.7 Å². The van der Waals surface area contributed by atoms with Gasteiger partial charge in [0.25, 0.3) is 0 Å². The molecule has 0 aliphatic carbocycles. The second-order valence-corrected chi connectivity index (χ2v) is 3.07. The number of benzene rings is 1. The predicted octanol–water partition coefficient (Wildman–Crippen LogP) is 1.73. The summed E-state index contributed by atoms with van der Waals surface area (Å²) >= 11 is 0. The number of nitrogens with one attached hydrogen (secondary N) is 1. The first-order valence-corrected chi connectivity index (χ1v) is 4.27. The van der Waals surface area contributed by atoms with Crippen molar-refractivity contribution in [2.24, 2.45) is 0 Å². The standard InChI is InChI=1S/C10H13NO/c1-12-9-4-2-8(3-5-9)10-6-7-11-10/h2-5,10-11H,6-7H2,1H3/t10-/m1/s1. The van der Waals surface area contributed by atoms with Gasteiger partial charge >= 0.3 is 0 Å². The van der Waals surface area contributed by atoms with Gasteiger partial charge in [0, 0.05) is 6.04 Å². The van der Waals surface area contributed by atoms with Crippen LogP contribution in [0.2, 0.25) is 0 Å². The Bertz CT molecular complexity index is 251. The molecule has 2 heteroatoms. The quantitative estimate of drug-likeness (QED) is 0.717. The molecule has 12 heavy (non-hydrogen) atoms. The summed E-state index contributed by atoms with van der Waals surface area (Å²) in [6.45, 7) is 1.15. The normalized spacial score (nSPS) is 21.6. The van der Waals surface area contributed by atoms with Crippen molar-refractivity contribution in [3.8, 4) is 5.75 Å². The fourth-order valence-electron chi connectivity index (χ4n) is 1.41. The van der Waals surface area contributed by atoms with Gasteiger partial charge in [0.1, 0.15) is 5.75 Å². The first-order chi connectivity index (χ1) is 5.90. The van der Waals surface area contributed by atoms with Crippen LogP contribution in [0.3, 0.4) is 0 Å². The average molecular weight is 163 g/mol. The van der Waals surface area contributed by atoms with Crippen LogP contribution in [0, 0.1) is 0 Å². The summed E-state index contributed by atoms with van der Waals surface area (Å²) in [6.07, 6.45) is 1.26. The first-order valence-electron chi connectivity index (χ1n) is 4.27. The third-order valence-electron chi connectivity index (χ3n) is 2.34. The molecule has 0 amide bonds. The van der Waals surface area contributed by atoms with Gasteiger partial charge in [-0.25, -0.2) is 0 Å². The summed E-state index contributed by atoms with van der Waals surface area (Å²) < 4.78 is 5.08. The van der Waals surface area contributed by atoms with Gasteiger partial charge in [-0.3, -0.25) is 0 Å². The van der Waals surface area contributed by atoms with Crippen molar-refractivity contribution < 1.29 is 4.74 Å². The van der Waals surface area contributed by atoms with Gasteiger partial charge in [0.2, 0.25) is 0 Å². The lowest BCUT2D eigenvalue weighted by molar-refractivity contribution is 0.381. The maximum Gasteiger partial charge on any atom is 0.118 e. The van der Waals surface area contributed by atoms with Crippen LogP contribution in [0.4, 0.5) is 0 Å². The summed E-state index contributed by atoms with van der Waals surface area (Å²) in [6, 6.07) is 8.84. The maximum absolute atomic E-state index is 5.08. The van der Waals surface area contributed by atoms with Gasteiger partial charge in [-0.1, -0.05) is 12.1 Å². The predicted molar refractivity (Wildman–Crippen MR) is 48.4 cm³/mol. The molecule has 1 fully saturated rings. The second-order valence-electron chi connectivity index (χ2n) is 3.07. The Balaban J connectivity index is 2.13. The Morgan fingerprint density at radius 3 is 2.42 bits per heavy atom. The zero-order valence-corrected chi connectivity index (χ0v) is 7.21. The van der Waals surface area contributed by atoms with Gasteiger partial charge < -0.3 is 10.1 Å². The van der Waals surface area contributed by atoms with E-state index in [0.717, 1.165) is 12.3 Å². The number of methoxy groups -OCH3 is 1. The van der Waals surface area contributed by atoms with Gasteiger partial charge in [-0.15, -0.1) is 0 Å². The number of rotatable bonds is 2. The summed E-state index contributed by atoms with van der Waals surface area (Å²) in [4.78, 5) is 0. The molecule has 1 heterocycles. The molecule has 1 N–H and O–H groups in total. The molecule has 1 aliphatic heterocycles. The lowest BCUT2D eigenvalue weighted by Gasteiger charge is -2.27. The van der Waals surface area contributed by atoms with Crippen LogP contribution in [-0.4, -0.2) is 13.7 Å². The van der Waals surface area contributed by atoms with Crippen molar-refractivity contribution in [1.29, 1.82) is 0 Å². The van der Waals surface area contributed by atoms with Crippen LogP contribution < -0.4 is 10.1 Å². The van der Waals surface area contributed by atoms with E-state index in [1.165, 1.54) is 12.0 Å². The van der Waals surface area contributed by atoms with Gasteiger partial charge in [-0.05, 0) is 30.7 Å². The molecule has 0 spiro atoms. The molecular formula is C10H13NO. The van der Waals surface area contributed by atoms with Crippen molar-refractivity contribution in [1.82, 2.24) is 5.32 Å². The van der Waals surface area contributed by atoms with Crippen molar-refractivity contribution in [3.05, 3.63) is 29.8 Å². The molecule has 1 aliphatic rings. The third kappa shape index (κ3) is 1.30. The van der Waals surface area contributed by atoms with Crippen LogP contribution in [0.25, 0.3) is 0 Å². The molecule has 0 saturated carbocycles. The molecule has 1 aromatic rings. The van der Waals surface area contributed by atoms with Crippen LogP contribution in [0.1, 0.15) is 18.0 Å². The molecule has 2 nitrogen and oxygen atoms in total. The molecule has 0 aromatic heterocycles. The highest BCUT2D eigenvalue weighted by Gasteiger charge is 2.17. The molecule has 1 atom stereocenters. The van der Waals surface area contributed by atoms with Crippen LogP contribution in [0.15, 0.2) is 24.3 Å². The summed E-state index contributed by atoms with van der Waals surface area (Å²) in [5.74, 6) is 0.929. The first kappa shape index (κ1) is 7.62. The summed E-state index contributed by atoms with van der Waals surface area (Å²) in [7, 11) is 1.69. The van der Waals surface area contributed by atoms with E-state index in [0.29, 0.717) is 6.04 Å². The molecular weight excluding hydrogens is 150 g/mol. The number of hydrogen-bond acceptors (Lipinski definition) is 2. The highest BCUT2D eigenvalue weighted by Crippen LogP contribution is 2.24. The van der Waals surface area contributed by atoms with E-state index in [4.69, 9.17) is 4.74 Å². The molecule has 1 aromatic carbocycles. The fourth-order valence-corrected chi connectivity index (χ4v) is 1.41. The van der Waals surface area contributed by atoms with Gasteiger partial charge in [-0.2, -0.15) is 0 Å². The number of ether oxygens (including phenoxy) is 1. The van der Waals surface area contributed by atoms with Gasteiger partial charge in [0.15, 0.2) is 0 Å². The van der Waals surface area contributed by atoms with Gasteiger partial charge in [0.05, 0.1) is 7.11 Å². The number of hydrogen-bond donors (Lipinski definition) is 1. The molecule has 64 valence electrons. The fraction of sp³-hybridized carbons (Fsp3) is 0.400. The molecule has 2 rings (SSSR count). The molecule has 1 saturated heterocycles. The van der Waals surface area contributed by atoms with Crippen LogP contribution >= 0.6 is 0 Å². The van der Waals surface area contributed by atoms with E-state index in [9.17, 15) is 0 Å².